The number of anilines is 2. The number of thiazole rings is 1. The molecular formula is C18H16F2N4O2S. The summed E-state index contributed by atoms with van der Waals surface area (Å²) in [6.07, 6.45) is 6.66. The molecule has 0 radical (unpaired) electrons. The first kappa shape index (κ1) is 18.7. The highest BCUT2D eigenvalue weighted by Gasteiger charge is 2.13. The number of nitrogens with one attached hydrogen (secondary N) is 2. The smallest absolute Gasteiger partial charge is 0.325 e. The number of benzene rings is 1. The van der Waals surface area contributed by atoms with Gasteiger partial charge in [0.25, 0.3) is 0 Å². The summed E-state index contributed by atoms with van der Waals surface area (Å²) in [4.78, 5) is 20.8. The van der Waals surface area contributed by atoms with Crippen LogP contribution in [0.4, 0.5) is 24.4 Å². The molecule has 2 aromatic heterocycles. The molecule has 1 aromatic carbocycles. The van der Waals surface area contributed by atoms with Crippen LogP contribution in [0.5, 0.6) is 0 Å². The Bertz CT molecular complexity index is 961. The summed E-state index contributed by atoms with van der Waals surface area (Å²) < 4.78 is 32.7. The van der Waals surface area contributed by atoms with E-state index in [1.807, 2.05) is 13.8 Å². The highest BCUT2D eigenvalue weighted by molar-refractivity contribution is 7.16. The van der Waals surface area contributed by atoms with Gasteiger partial charge >= 0.3 is 6.03 Å². The predicted molar refractivity (Wildman–Crippen MR) is 101 cm³/mol. The van der Waals surface area contributed by atoms with Crippen LogP contribution in [0.15, 0.2) is 35.0 Å². The first-order chi connectivity index (χ1) is 12.9. The molecule has 0 fully saturated rings. The molecule has 9 heteroatoms. The van der Waals surface area contributed by atoms with E-state index in [9.17, 15) is 13.6 Å². The van der Waals surface area contributed by atoms with Crippen molar-refractivity contribution < 1.29 is 18.0 Å². The maximum atomic E-state index is 13.5. The number of rotatable bonds is 5. The molecule has 2 amide bonds. The lowest BCUT2D eigenvalue weighted by atomic mass is 10.2. The number of aromatic nitrogens is 2. The minimum absolute atomic E-state index is 0.247. The first-order valence-corrected chi connectivity index (χ1v) is 8.85. The van der Waals surface area contributed by atoms with Gasteiger partial charge in [-0.25, -0.2) is 23.5 Å². The third kappa shape index (κ3) is 4.76. The van der Waals surface area contributed by atoms with Gasteiger partial charge in [-0.15, -0.1) is 0 Å². The van der Waals surface area contributed by atoms with E-state index in [1.54, 1.807) is 24.5 Å². The highest BCUT2D eigenvalue weighted by atomic mass is 32.1. The lowest BCUT2D eigenvalue weighted by molar-refractivity contribution is 0.262. The zero-order chi connectivity index (χ0) is 19.4. The minimum Gasteiger partial charge on any atom is -0.442 e. The molecule has 0 aliphatic heterocycles. The van der Waals surface area contributed by atoms with E-state index in [4.69, 9.17) is 4.42 Å². The number of nitrogens with zero attached hydrogens (tertiary/aromatic N) is 2. The van der Waals surface area contributed by atoms with Gasteiger partial charge in [-0.3, -0.25) is 5.32 Å². The Kier molecular flexibility index (Phi) is 5.60. The van der Waals surface area contributed by atoms with E-state index in [0.717, 1.165) is 22.8 Å². The molecule has 27 heavy (non-hydrogen) atoms. The Morgan fingerprint density at radius 1 is 1.15 bits per heavy atom. The normalized spacial score (nSPS) is 11.3. The topological polar surface area (TPSA) is 80.0 Å². The number of hydrogen-bond acceptors (Lipinski definition) is 5. The maximum Gasteiger partial charge on any atom is 0.325 e. The third-order valence-electron chi connectivity index (χ3n) is 3.45. The summed E-state index contributed by atoms with van der Waals surface area (Å²) in [5, 5.41) is 4.84. The summed E-state index contributed by atoms with van der Waals surface area (Å²) in [6, 6.07) is 2.53. The molecule has 2 heterocycles. The minimum atomic E-state index is -0.861. The molecular weight excluding hydrogens is 374 g/mol. The largest absolute Gasteiger partial charge is 0.442 e. The number of oxazole rings is 1. The number of urea groups is 1. The van der Waals surface area contributed by atoms with Crippen molar-refractivity contribution in [3.8, 4) is 0 Å². The number of amides is 2. The second kappa shape index (κ2) is 8.09. The van der Waals surface area contributed by atoms with E-state index < -0.39 is 23.4 Å². The van der Waals surface area contributed by atoms with Gasteiger partial charge in [0.05, 0.1) is 6.20 Å². The van der Waals surface area contributed by atoms with Gasteiger partial charge in [-0.1, -0.05) is 31.3 Å². The fourth-order valence-electron chi connectivity index (χ4n) is 2.08. The average Bonchev–Trinajstić information content (AvgIpc) is 3.26. The Labute approximate surface area is 158 Å². The van der Waals surface area contributed by atoms with Crippen molar-refractivity contribution in [3.05, 3.63) is 58.8 Å². The standard InChI is InChI=1S/C18H16F2N4O2S/c1-10(2)14-9-21-15(26-14)7-6-11-8-22-18(27-11)24-17(25)23-16-12(19)4-3-5-13(16)20/h3-10H,1-2H3,(H2,22,23,24,25). The molecule has 2 N–H and O–H groups in total. The molecule has 0 spiro atoms. The first-order valence-electron chi connectivity index (χ1n) is 8.04. The van der Waals surface area contributed by atoms with Gasteiger partial charge in [0, 0.05) is 23.1 Å². The molecule has 0 aliphatic carbocycles. The third-order valence-corrected chi connectivity index (χ3v) is 4.32. The van der Waals surface area contributed by atoms with Crippen LogP contribution in [-0.4, -0.2) is 16.0 Å². The van der Waals surface area contributed by atoms with Crippen molar-refractivity contribution >= 4 is 40.3 Å². The van der Waals surface area contributed by atoms with Crippen LogP contribution in [0.2, 0.25) is 0 Å². The van der Waals surface area contributed by atoms with Gasteiger partial charge in [0.15, 0.2) is 5.13 Å². The maximum absolute atomic E-state index is 13.5. The second-order valence-electron chi connectivity index (χ2n) is 5.83. The number of hydrogen-bond donors (Lipinski definition) is 2. The van der Waals surface area contributed by atoms with E-state index in [2.05, 4.69) is 20.6 Å². The highest BCUT2D eigenvalue weighted by Crippen LogP contribution is 2.23. The Morgan fingerprint density at radius 3 is 2.56 bits per heavy atom. The van der Waals surface area contributed by atoms with Gasteiger partial charge in [0.1, 0.15) is 23.1 Å². The van der Waals surface area contributed by atoms with Crippen molar-refractivity contribution in [1.29, 1.82) is 0 Å². The molecule has 140 valence electrons. The molecule has 0 saturated heterocycles. The number of para-hydroxylation sites is 1. The molecule has 3 aromatic rings. The zero-order valence-electron chi connectivity index (χ0n) is 14.5. The van der Waals surface area contributed by atoms with Gasteiger partial charge < -0.3 is 9.73 Å². The van der Waals surface area contributed by atoms with Crippen LogP contribution in [0, 0.1) is 11.6 Å². The van der Waals surface area contributed by atoms with Gasteiger partial charge in [-0.05, 0) is 18.2 Å². The molecule has 0 unspecified atom stereocenters. The number of carbonyl (C=O) groups excluding carboxylic acids is 1. The SMILES string of the molecule is CC(C)c1cnc(C=Cc2cnc(NC(=O)Nc3c(F)cccc3F)s2)o1. The van der Waals surface area contributed by atoms with Gasteiger partial charge in [-0.2, -0.15) is 0 Å². The van der Waals surface area contributed by atoms with Crippen molar-refractivity contribution in [2.75, 3.05) is 10.6 Å². The monoisotopic (exact) mass is 390 g/mol. The lowest BCUT2D eigenvalue weighted by Crippen LogP contribution is -2.20. The van der Waals surface area contributed by atoms with Crippen LogP contribution in [-0.2, 0) is 0 Å². The van der Waals surface area contributed by atoms with E-state index >= 15 is 0 Å². The predicted octanol–water partition coefficient (Wildman–Crippen LogP) is 5.35. The fraction of sp³-hybridized carbons (Fsp3) is 0.167. The van der Waals surface area contributed by atoms with Crippen molar-refractivity contribution in [3.63, 3.8) is 0 Å². The summed E-state index contributed by atoms with van der Waals surface area (Å²) in [5.41, 5.74) is -0.517. The Hall–Kier alpha value is -3.07. The van der Waals surface area contributed by atoms with E-state index in [-0.39, 0.29) is 11.0 Å². The van der Waals surface area contributed by atoms with Crippen LogP contribution in [0.25, 0.3) is 12.2 Å². The number of halogens is 2. The lowest BCUT2D eigenvalue weighted by Gasteiger charge is -2.07. The molecule has 0 saturated carbocycles. The summed E-state index contributed by atoms with van der Waals surface area (Å²) in [5.74, 6) is -0.219. The van der Waals surface area contributed by atoms with Crippen molar-refractivity contribution in [2.24, 2.45) is 0 Å². The van der Waals surface area contributed by atoms with Crippen LogP contribution in [0.3, 0.4) is 0 Å². The molecule has 3 rings (SSSR count). The zero-order valence-corrected chi connectivity index (χ0v) is 15.3. The van der Waals surface area contributed by atoms with Crippen molar-refractivity contribution in [2.45, 2.75) is 19.8 Å². The fourth-order valence-corrected chi connectivity index (χ4v) is 2.79. The molecule has 6 nitrogen and oxygen atoms in total. The quantitative estimate of drug-likeness (QED) is 0.616. The van der Waals surface area contributed by atoms with Gasteiger partial charge in [0.2, 0.25) is 5.89 Å². The van der Waals surface area contributed by atoms with E-state index in [1.165, 1.54) is 17.4 Å². The Morgan fingerprint density at radius 2 is 1.89 bits per heavy atom. The second-order valence-corrected chi connectivity index (χ2v) is 6.89. The summed E-state index contributed by atoms with van der Waals surface area (Å²) >= 11 is 1.19. The van der Waals surface area contributed by atoms with Crippen LogP contribution < -0.4 is 10.6 Å². The average molecular weight is 390 g/mol. The molecule has 0 bridgehead atoms. The molecule has 0 atom stereocenters. The van der Waals surface area contributed by atoms with Crippen LogP contribution >= 0.6 is 11.3 Å². The van der Waals surface area contributed by atoms with E-state index in [0.29, 0.717) is 5.89 Å². The number of carbonyl (C=O) groups is 1. The van der Waals surface area contributed by atoms with Crippen LogP contribution in [0.1, 0.15) is 36.3 Å². The van der Waals surface area contributed by atoms with Crippen molar-refractivity contribution in [1.82, 2.24) is 9.97 Å². The summed E-state index contributed by atoms with van der Waals surface area (Å²) in [6.45, 7) is 4.01. The molecule has 0 aliphatic rings. The Balaban J connectivity index is 1.61. The summed E-state index contributed by atoms with van der Waals surface area (Å²) in [7, 11) is 0.